The molecule has 0 spiro atoms. The van der Waals surface area contributed by atoms with Crippen molar-refractivity contribution in [3.05, 3.63) is 46.2 Å². The lowest BCUT2D eigenvalue weighted by Crippen LogP contribution is -2.18. The van der Waals surface area contributed by atoms with Gasteiger partial charge in [0.25, 0.3) is 0 Å². The summed E-state index contributed by atoms with van der Waals surface area (Å²) in [5.74, 6) is 0.242. The fourth-order valence-corrected chi connectivity index (χ4v) is 3.04. The molecule has 3 nitrogen and oxygen atoms in total. The molecule has 0 saturated carbocycles. The van der Waals surface area contributed by atoms with Gasteiger partial charge in [-0.1, -0.05) is 41.4 Å². The number of aromatic nitrogens is 2. The molecule has 0 N–H and O–H groups in total. The smallest absolute Gasteiger partial charge is 0.142 e. The van der Waals surface area contributed by atoms with E-state index in [1.165, 1.54) is 6.07 Å². The van der Waals surface area contributed by atoms with E-state index in [-0.39, 0.29) is 16.2 Å². The van der Waals surface area contributed by atoms with Crippen molar-refractivity contribution < 1.29 is 9.13 Å². The predicted octanol–water partition coefficient (Wildman–Crippen LogP) is 4.48. The van der Waals surface area contributed by atoms with Gasteiger partial charge in [0.05, 0.1) is 12.2 Å². The Balaban J connectivity index is 2.02. The fraction of sp³-hybridized carbons (Fsp3) is 0.333. The summed E-state index contributed by atoms with van der Waals surface area (Å²) in [5.41, 5.74) is 0.635. The maximum atomic E-state index is 13.9. The van der Waals surface area contributed by atoms with Crippen molar-refractivity contribution in [2.45, 2.75) is 18.8 Å². The van der Waals surface area contributed by atoms with Gasteiger partial charge in [0.2, 0.25) is 0 Å². The first-order valence-corrected chi connectivity index (χ1v) is 7.48. The van der Waals surface area contributed by atoms with Crippen molar-refractivity contribution >= 4 is 23.2 Å². The second-order valence-electron chi connectivity index (χ2n) is 4.93. The molecule has 0 amide bonds. The first-order valence-electron chi connectivity index (χ1n) is 6.72. The summed E-state index contributed by atoms with van der Waals surface area (Å²) in [6.45, 7) is 1.32. The molecule has 1 unspecified atom stereocenters. The first-order chi connectivity index (χ1) is 10.2. The number of benzene rings is 1. The standard InChI is InChI=1S/C15H13Cl2FN2O/c16-13-12(10-5-1-2-6-11(10)18)14(17)20-15(19-13)9-4-3-7-21-8-9/h1-2,5-6,9H,3-4,7-8H2. The molecule has 2 aromatic rings. The fourth-order valence-electron chi connectivity index (χ4n) is 2.44. The van der Waals surface area contributed by atoms with Gasteiger partial charge in [-0.3, -0.25) is 0 Å². The molecular weight excluding hydrogens is 314 g/mol. The Kier molecular flexibility index (Phi) is 4.38. The molecule has 0 bridgehead atoms. The summed E-state index contributed by atoms with van der Waals surface area (Å²) in [5, 5.41) is 0.335. The minimum atomic E-state index is -0.404. The van der Waals surface area contributed by atoms with Crippen molar-refractivity contribution in [1.29, 1.82) is 0 Å². The number of nitrogens with zero attached hydrogens (tertiary/aromatic N) is 2. The zero-order valence-corrected chi connectivity index (χ0v) is 12.7. The van der Waals surface area contributed by atoms with Crippen LogP contribution < -0.4 is 0 Å². The van der Waals surface area contributed by atoms with Crippen LogP contribution in [0.3, 0.4) is 0 Å². The van der Waals surface area contributed by atoms with Crippen LogP contribution in [-0.4, -0.2) is 23.2 Å². The monoisotopic (exact) mass is 326 g/mol. The Morgan fingerprint density at radius 1 is 1.14 bits per heavy atom. The Morgan fingerprint density at radius 2 is 1.86 bits per heavy atom. The van der Waals surface area contributed by atoms with Gasteiger partial charge in [-0.2, -0.15) is 0 Å². The minimum absolute atomic E-state index is 0.0865. The molecular formula is C15H13Cl2FN2O. The molecule has 2 heterocycles. The molecule has 1 aliphatic heterocycles. The second-order valence-corrected chi connectivity index (χ2v) is 5.65. The summed E-state index contributed by atoms with van der Waals surface area (Å²) in [4.78, 5) is 8.60. The van der Waals surface area contributed by atoms with Crippen LogP contribution in [0.15, 0.2) is 24.3 Å². The average molecular weight is 327 g/mol. The zero-order valence-electron chi connectivity index (χ0n) is 11.2. The van der Waals surface area contributed by atoms with E-state index in [9.17, 15) is 4.39 Å². The molecule has 21 heavy (non-hydrogen) atoms. The third-order valence-electron chi connectivity index (χ3n) is 3.51. The number of hydrogen-bond donors (Lipinski definition) is 0. The number of ether oxygens (including phenoxy) is 1. The van der Waals surface area contributed by atoms with Gasteiger partial charge < -0.3 is 4.74 Å². The minimum Gasteiger partial charge on any atom is -0.381 e. The van der Waals surface area contributed by atoms with Crippen LogP contribution >= 0.6 is 23.2 Å². The van der Waals surface area contributed by atoms with E-state index in [1.54, 1.807) is 18.2 Å². The molecule has 0 aliphatic carbocycles. The van der Waals surface area contributed by atoms with Crippen LogP contribution in [0.25, 0.3) is 11.1 Å². The molecule has 1 atom stereocenters. The van der Waals surface area contributed by atoms with Crippen LogP contribution in [0.1, 0.15) is 24.6 Å². The van der Waals surface area contributed by atoms with Crippen molar-refractivity contribution in [2.75, 3.05) is 13.2 Å². The normalized spacial score (nSPS) is 18.7. The van der Waals surface area contributed by atoms with E-state index in [1.807, 2.05) is 0 Å². The number of hydrogen-bond acceptors (Lipinski definition) is 3. The molecule has 1 aromatic carbocycles. The summed E-state index contributed by atoms with van der Waals surface area (Å²) in [6.07, 6.45) is 1.89. The van der Waals surface area contributed by atoms with Crippen LogP contribution in [0.4, 0.5) is 4.39 Å². The quantitative estimate of drug-likeness (QED) is 0.763. The predicted molar refractivity (Wildman–Crippen MR) is 80.2 cm³/mol. The Labute approximate surface area is 132 Å². The topological polar surface area (TPSA) is 35.0 Å². The first kappa shape index (κ1) is 14.7. The Morgan fingerprint density at radius 3 is 2.48 bits per heavy atom. The van der Waals surface area contributed by atoms with Crippen LogP contribution in [0.2, 0.25) is 10.3 Å². The van der Waals surface area contributed by atoms with Gasteiger partial charge in [0, 0.05) is 18.1 Å². The van der Waals surface area contributed by atoms with Crippen LogP contribution in [-0.2, 0) is 4.74 Å². The lowest BCUT2D eigenvalue weighted by atomic mass is 10.0. The van der Waals surface area contributed by atoms with Gasteiger partial charge in [-0.05, 0) is 18.9 Å². The SMILES string of the molecule is Fc1ccccc1-c1c(Cl)nc(C2CCCOC2)nc1Cl. The van der Waals surface area contributed by atoms with Gasteiger partial charge >= 0.3 is 0 Å². The third kappa shape index (κ3) is 3.03. The number of halogens is 3. The molecule has 0 radical (unpaired) electrons. The van der Waals surface area contributed by atoms with Crippen LogP contribution in [0, 0.1) is 5.82 Å². The molecule has 1 aliphatic rings. The average Bonchev–Trinajstić information content (AvgIpc) is 2.49. The zero-order chi connectivity index (χ0) is 14.8. The molecule has 3 rings (SSSR count). The van der Waals surface area contributed by atoms with Crippen LogP contribution in [0.5, 0.6) is 0 Å². The van der Waals surface area contributed by atoms with Crippen molar-refractivity contribution in [2.24, 2.45) is 0 Å². The van der Waals surface area contributed by atoms with E-state index in [0.29, 0.717) is 23.6 Å². The molecule has 1 fully saturated rings. The van der Waals surface area contributed by atoms with Crippen molar-refractivity contribution in [3.8, 4) is 11.1 Å². The summed E-state index contributed by atoms with van der Waals surface area (Å²) < 4.78 is 19.3. The van der Waals surface area contributed by atoms with Crippen molar-refractivity contribution in [3.63, 3.8) is 0 Å². The van der Waals surface area contributed by atoms with Gasteiger partial charge in [0.15, 0.2) is 0 Å². The van der Waals surface area contributed by atoms with Gasteiger partial charge in [-0.15, -0.1) is 0 Å². The summed E-state index contributed by atoms with van der Waals surface area (Å²) in [6, 6.07) is 6.28. The molecule has 1 aromatic heterocycles. The molecule has 110 valence electrons. The lowest BCUT2D eigenvalue weighted by Gasteiger charge is -2.21. The van der Waals surface area contributed by atoms with E-state index in [4.69, 9.17) is 27.9 Å². The largest absolute Gasteiger partial charge is 0.381 e. The van der Waals surface area contributed by atoms with Crippen molar-refractivity contribution in [1.82, 2.24) is 9.97 Å². The lowest BCUT2D eigenvalue weighted by molar-refractivity contribution is 0.0780. The summed E-state index contributed by atoms with van der Waals surface area (Å²) in [7, 11) is 0. The second kappa shape index (κ2) is 6.26. The highest BCUT2D eigenvalue weighted by Gasteiger charge is 2.23. The highest BCUT2D eigenvalue weighted by Crippen LogP contribution is 2.35. The van der Waals surface area contributed by atoms with Gasteiger partial charge in [-0.25, -0.2) is 14.4 Å². The van der Waals surface area contributed by atoms with E-state index >= 15 is 0 Å². The third-order valence-corrected chi connectivity index (χ3v) is 4.05. The summed E-state index contributed by atoms with van der Waals surface area (Å²) >= 11 is 12.4. The molecule has 6 heteroatoms. The Bertz CT molecular complexity index is 637. The highest BCUT2D eigenvalue weighted by molar-refractivity contribution is 6.37. The van der Waals surface area contributed by atoms with E-state index in [2.05, 4.69) is 9.97 Å². The maximum Gasteiger partial charge on any atom is 0.142 e. The van der Waals surface area contributed by atoms with E-state index < -0.39 is 5.82 Å². The molecule has 1 saturated heterocycles. The van der Waals surface area contributed by atoms with E-state index in [0.717, 1.165) is 19.4 Å². The maximum absolute atomic E-state index is 13.9. The number of rotatable bonds is 2. The van der Waals surface area contributed by atoms with Gasteiger partial charge in [0.1, 0.15) is 21.9 Å². The Hall–Kier alpha value is -1.23. The highest BCUT2D eigenvalue weighted by atomic mass is 35.5.